The first-order valence-electron chi connectivity index (χ1n) is 5.53. The van der Waals surface area contributed by atoms with E-state index in [9.17, 15) is 20.2 Å². The van der Waals surface area contributed by atoms with Gasteiger partial charge in [0.05, 0.1) is 23.1 Å². The summed E-state index contributed by atoms with van der Waals surface area (Å²) in [6.07, 6.45) is 1.37. The van der Waals surface area contributed by atoms with Gasteiger partial charge in [-0.15, -0.1) is 0 Å². The molecule has 0 unspecified atom stereocenters. The monoisotopic (exact) mass is 269 g/mol. The molecule has 0 atom stereocenters. The Kier molecular flexibility index (Phi) is 3.36. The number of anilines is 1. The second-order valence-corrected chi connectivity index (χ2v) is 3.91. The first-order valence-corrected chi connectivity index (χ1v) is 5.53. The molecule has 0 aromatic heterocycles. The number of fused-ring (bicyclic) bond motifs is 1. The number of rotatable bonds is 2. The van der Waals surface area contributed by atoms with Crippen LogP contribution in [0, 0.1) is 20.2 Å². The molecule has 1 aliphatic rings. The van der Waals surface area contributed by atoms with Crippen molar-refractivity contribution in [2.24, 2.45) is 0 Å². The molecule has 1 aromatic rings. The average Bonchev–Trinajstić information content (AvgIpc) is 2.29. The van der Waals surface area contributed by atoms with E-state index in [-0.39, 0.29) is 23.8 Å². The number of nitro groups is 2. The Bertz CT molecular complexity index is 545. The first kappa shape index (κ1) is 12.9. The van der Waals surface area contributed by atoms with Gasteiger partial charge in [-0.1, -0.05) is 0 Å². The number of hydrogen-bond donors (Lipinski definition) is 1. The lowest BCUT2D eigenvalue weighted by Crippen LogP contribution is -2.12. The van der Waals surface area contributed by atoms with Gasteiger partial charge in [-0.05, 0) is 12.8 Å². The van der Waals surface area contributed by atoms with E-state index in [0.717, 1.165) is 6.42 Å². The Morgan fingerprint density at radius 2 is 1.63 bits per heavy atom. The lowest BCUT2D eigenvalue weighted by molar-refractivity contribution is -0.422. The summed E-state index contributed by atoms with van der Waals surface area (Å²) in [5, 5.41) is 22.0. The number of ether oxygens (including phenoxy) is 2. The predicted octanol–water partition coefficient (Wildman–Crippen LogP) is 1.64. The van der Waals surface area contributed by atoms with Gasteiger partial charge in [-0.2, -0.15) is 0 Å². The van der Waals surface area contributed by atoms with Crippen molar-refractivity contribution in [1.29, 1.82) is 0 Å². The second-order valence-electron chi connectivity index (χ2n) is 3.91. The maximum Gasteiger partial charge on any atom is 0.393 e. The number of nitrogen functional groups attached to an aromatic ring is 1. The highest BCUT2D eigenvalue weighted by Crippen LogP contribution is 2.47. The topological polar surface area (TPSA) is 131 Å². The van der Waals surface area contributed by atoms with Crippen LogP contribution in [0.3, 0.4) is 0 Å². The molecule has 0 saturated carbocycles. The van der Waals surface area contributed by atoms with Gasteiger partial charge in [-0.3, -0.25) is 20.2 Å². The number of benzene rings is 1. The van der Waals surface area contributed by atoms with Crippen molar-refractivity contribution in [2.75, 3.05) is 18.9 Å². The number of hydrogen-bond acceptors (Lipinski definition) is 7. The predicted molar refractivity (Wildman–Crippen MR) is 64.4 cm³/mol. The van der Waals surface area contributed by atoms with Crippen LogP contribution in [-0.2, 0) is 0 Å². The normalized spacial score (nSPS) is 14.3. The largest absolute Gasteiger partial charge is 0.489 e. The lowest BCUT2D eigenvalue weighted by Gasteiger charge is -2.16. The van der Waals surface area contributed by atoms with Crippen LogP contribution in [0.1, 0.15) is 12.8 Å². The van der Waals surface area contributed by atoms with Crippen LogP contribution in [0.15, 0.2) is 6.07 Å². The fourth-order valence-corrected chi connectivity index (χ4v) is 1.80. The van der Waals surface area contributed by atoms with E-state index in [1.54, 1.807) is 0 Å². The van der Waals surface area contributed by atoms with Crippen LogP contribution >= 0.6 is 0 Å². The highest BCUT2D eigenvalue weighted by Gasteiger charge is 2.36. The number of nitrogens with two attached hydrogens (primary N) is 1. The molecular weight excluding hydrogens is 258 g/mol. The van der Waals surface area contributed by atoms with Crippen LogP contribution in [-0.4, -0.2) is 23.1 Å². The minimum atomic E-state index is -0.893. The van der Waals surface area contributed by atoms with E-state index in [1.165, 1.54) is 6.07 Å². The molecule has 2 rings (SSSR count). The van der Waals surface area contributed by atoms with Gasteiger partial charge in [0.1, 0.15) is 5.69 Å². The summed E-state index contributed by atoms with van der Waals surface area (Å²) in [5.74, 6) is -0.167. The zero-order chi connectivity index (χ0) is 14.0. The quantitative estimate of drug-likeness (QED) is 0.490. The van der Waals surface area contributed by atoms with Gasteiger partial charge in [0, 0.05) is 6.07 Å². The highest BCUT2D eigenvalue weighted by atomic mass is 16.6. The molecule has 19 heavy (non-hydrogen) atoms. The zero-order valence-corrected chi connectivity index (χ0v) is 9.83. The molecular formula is C10H11N3O6. The van der Waals surface area contributed by atoms with Crippen molar-refractivity contribution in [3.63, 3.8) is 0 Å². The Morgan fingerprint density at radius 3 is 2.21 bits per heavy atom. The third-order valence-electron chi connectivity index (χ3n) is 2.63. The molecule has 9 nitrogen and oxygen atoms in total. The van der Waals surface area contributed by atoms with Crippen molar-refractivity contribution in [3.05, 3.63) is 26.3 Å². The molecule has 1 aliphatic heterocycles. The molecule has 0 fully saturated rings. The van der Waals surface area contributed by atoms with Gasteiger partial charge in [0.15, 0.2) is 5.75 Å². The molecule has 0 aliphatic carbocycles. The Morgan fingerprint density at radius 1 is 1.05 bits per heavy atom. The third-order valence-corrected chi connectivity index (χ3v) is 2.63. The Labute approximate surface area is 107 Å². The van der Waals surface area contributed by atoms with Gasteiger partial charge in [-0.25, -0.2) is 0 Å². The molecule has 2 N–H and O–H groups in total. The number of nitro benzene ring substituents is 2. The highest BCUT2D eigenvalue weighted by molar-refractivity contribution is 5.78. The molecule has 0 radical (unpaired) electrons. The van der Waals surface area contributed by atoms with Gasteiger partial charge >= 0.3 is 11.4 Å². The second kappa shape index (κ2) is 4.96. The van der Waals surface area contributed by atoms with E-state index in [1.807, 2.05) is 0 Å². The maximum absolute atomic E-state index is 11.1. The van der Waals surface area contributed by atoms with Gasteiger partial charge < -0.3 is 15.2 Å². The van der Waals surface area contributed by atoms with Crippen molar-refractivity contribution < 1.29 is 19.3 Å². The first-order chi connectivity index (χ1) is 9.02. The summed E-state index contributed by atoms with van der Waals surface area (Å²) in [4.78, 5) is 20.2. The third kappa shape index (κ3) is 2.34. The fourth-order valence-electron chi connectivity index (χ4n) is 1.80. The van der Waals surface area contributed by atoms with E-state index >= 15 is 0 Å². The molecule has 9 heteroatoms. The van der Waals surface area contributed by atoms with Gasteiger partial charge in [0.25, 0.3) is 0 Å². The summed E-state index contributed by atoms with van der Waals surface area (Å²) in [6, 6.07) is 1.19. The SMILES string of the molecule is Nc1cc2c(c([N+](=O)[O-])c1[N+](=O)[O-])OCCCCO2. The smallest absolute Gasteiger partial charge is 0.393 e. The summed E-state index contributed by atoms with van der Waals surface area (Å²) in [6.45, 7) is 0.586. The van der Waals surface area contributed by atoms with E-state index in [2.05, 4.69) is 0 Å². The van der Waals surface area contributed by atoms with Crippen molar-refractivity contribution >= 4 is 17.1 Å². The standard InChI is InChI=1S/C10H11N3O6/c11-6-5-7-10(19-4-2-1-3-18-7)9(13(16)17)8(6)12(14)15/h5H,1-4,11H2. The summed E-state index contributed by atoms with van der Waals surface area (Å²) in [7, 11) is 0. The lowest BCUT2D eigenvalue weighted by atomic mass is 10.2. The maximum atomic E-state index is 11.1. The molecule has 0 amide bonds. The molecule has 1 aromatic carbocycles. The van der Waals surface area contributed by atoms with E-state index in [0.29, 0.717) is 13.0 Å². The summed E-state index contributed by atoms with van der Waals surface area (Å²) < 4.78 is 10.5. The van der Waals surface area contributed by atoms with E-state index in [4.69, 9.17) is 15.2 Å². The minimum absolute atomic E-state index is 0.0644. The summed E-state index contributed by atoms with van der Waals surface area (Å²) >= 11 is 0. The fraction of sp³-hybridized carbons (Fsp3) is 0.400. The zero-order valence-electron chi connectivity index (χ0n) is 9.83. The minimum Gasteiger partial charge on any atom is -0.489 e. The van der Waals surface area contributed by atoms with Crippen LogP contribution in [0.5, 0.6) is 11.5 Å². The van der Waals surface area contributed by atoms with Crippen molar-refractivity contribution in [2.45, 2.75) is 12.8 Å². The average molecular weight is 269 g/mol. The summed E-state index contributed by atoms with van der Waals surface area (Å²) in [5.41, 5.74) is 3.64. The van der Waals surface area contributed by atoms with Crippen LogP contribution in [0.4, 0.5) is 17.1 Å². The molecule has 0 bridgehead atoms. The molecule has 0 spiro atoms. The van der Waals surface area contributed by atoms with Crippen LogP contribution in [0.2, 0.25) is 0 Å². The Hall–Kier alpha value is -2.58. The molecule has 102 valence electrons. The number of nitrogens with zero attached hydrogens (tertiary/aromatic N) is 2. The van der Waals surface area contributed by atoms with Gasteiger partial charge in [0.2, 0.25) is 5.75 Å². The van der Waals surface area contributed by atoms with Crippen LogP contribution in [0.25, 0.3) is 0 Å². The van der Waals surface area contributed by atoms with E-state index < -0.39 is 21.2 Å². The molecule has 0 saturated heterocycles. The molecule has 1 heterocycles. The van der Waals surface area contributed by atoms with Crippen molar-refractivity contribution in [1.82, 2.24) is 0 Å². The van der Waals surface area contributed by atoms with Crippen molar-refractivity contribution in [3.8, 4) is 11.5 Å². The van der Waals surface area contributed by atoms with Crippen LogP contribution < -0.4 is 15.2 Å². The Balaban J connectivity index is 2.69.